The Bertz CT molecular complexity index is 365. The van der Waals surface area contributed by atoms with E-state index >= 15 is 0 Å². The van der Waals surface area contributed by atoms with Crippen molar-refractivity contribution in [3.8, 4) is 12.3 Å². The lowest BCUT2D eigenvalue weighted by atomic mass is 10.1. The molecule has 1 aromatic carbocycles. The van der Waals surface area contributed by atoms with Gasteiger partial charge in [0, 0.05) is 13.6 Å². The molecule has 0 aliphatic carbocycles. The lowest BCUT2D eigenvalue weighted by Gasteiger charge is -2.22. The summed E-state index contributed by atoms with van der Waals surface area (Å²) >= 11 is 0. The first-order valence-electron chi connectivity index (χ1n) is 5.67. The number of terminal acetylenes is 1. The second-order valence-corrected chi connectivity index (χ2v) is 4.06. The first-order chi connectivity index (χ1) is 7.67. The van der Waals surface area contributed by atoms with E-state index < -0.39 is 0 Å². The molecule has 86 valence electrons. The first-order valence-corrected chi connectivity index (χ1v) is 5.67. The summed E-state index contributed by atoms with van der Waals surface area (Å²) in [5.41, 5.74) is 5.69. The van der Waals surface area contributed by atoms with E-state index in [0.717, 1.165) is 18.5 Å². The summed E-state index contributed by atoms with van der Waals surface area (Å²) in [6.07, 6.45) is 6.67. The summed E-state index contributed by atoms with van der Waals surface area (Å²) in [6, 6.07) is 8.25. The van der Waals surface area contributed by atoms with Crippen LogP contribution in [0, 0.1) is 19.3 Å². The summed E-state index contributed by atoms with van der Waals surface area (Å²) in [4.78, 5) is 0. The molecule has 0 saturated carbocycles. The van der Waals surface area contributed by atoms with Crippen LogP contribution < -0.4 is 5.43 Å². The topological polar surface area (TPSA) is 15.3 Å². The maximum Gasteiger partial charge on any atom is 0.107 e. The van der Waals surface area contributed by atoms with E-state index in [1.54, 1.807) is 0 Å². The van der Waals surface area contributed by atoms with Crippen LogP contribution in [-0.2, 0) is 0 Å². The molecular weight excluding hydrogens is 196 g/mol. The molecule has 0 spiro atoms. The number of aryl methyl sites for hydroxylation is 1. The second kappa shape index (κ2) is 6.32. The van der Waals surface area contributed by atoms with E-state index in [9.17, 15) is 0 Å². The zero-order chi connectivity index (χ0) is 12.0. The van der Waals surface area contributed by atoms with Crippen molar-refractivity contribution in [2.45, 2.75) is 26.3 Å². The highest BCUT2D eigenvalue weighted by molar-refractivity contribution is 5.29. The fourth-order valence-electron chi connectivity index (χ4n) is 1.68. The van der Waals surface area contributed by atoms with Crippen molar-refractivity contribution in [3.63, 3.8) is 0 Å². The molecule has 1 atom stereocenters. The fraction of sp³-hybridized carbons (Fsp3) is 0.429. The third kappa shape index (κ3) is 3.69. The molecule has 2 heteroatoms. The molecule has 2 nitrogen and oxygen atoms in total. The van der Waals surface area contributed by atoms with Gasteiger partial charge in [0.25, 0.3) is 0 Å². The van der Waals surface area contributed by atoms with Crippen LogP contribution in [0.3, 0.4) is 0 Å². The van der Waals surface area contributed by atoms with Crippen LogP contribution in [0.25, 0.3) is 0 Å². The Kier molecular flexibility index (Phi) is 5.04. The van der Waals surface area contributed by atoms with Crippen LogP contribution in [0.2, 0.25) is 0 Å². The fourth-order valence-corrected chi connectivity index (χ4v) is 1.68. The number of rotatable bonds is 5. The molecule has 0 bridgehead atoms. The molecule has 0 aliphatic rings. The number of benzene rings is 1. The van der Waals surface area contributed by atoms with Gasteiger partial charge < -0.3 is 0 Å². The Morgan fingerprint density at radius 1 is 1.50 bits per heavy atom. The largest absolute Gasteiger partial charge is 0.246 e. The lowest BCUT2D eigenvalue weighted by Crippen LogP contribution is -2.37. The summed E-state index contributed by atoms with van der Waals surface area (Å²) < 4.78 is 0. The lowest BCUT2D eigenvalue weighted by molar-refractivity contribution is 0.218. The van der Waals surface area contributed by atoms with Gasteiger partial charge in [-0.05, 0) is 18.9 Å². The summed E-state index contributed by atoms with van der Waals surface area (Å²) in [6.45, 7) is 5.21. The van der Waals surface area contributed by atoms with Gasteiger partial charge in [0.15, 0.2) is 0 Å². The second-order valence-electron chi connectivity index (χ2n) is 4.06. The normalized spacial score (nSPS) is 12.4. The molecule has 0 radical (unpaired) electrons. The van der Waals surface area contributed by atoms with E-state index in [4.69, 9.17) is 6.42 Å². The summed E-state index contributed by atoms with van der Waals surface area (Å²) in [5.74, 6) is 2.78. The van der Waals surface area contributed by atoms with Crippen molar-refractivity contribution in [1.82, 2.24) is 10.4 Å². The van der Waals surface area contributed by atoms with Gasteiger partial charge in [-0.15, -0.1) is 6.42 Å². The van der Waals surface area contributed by atoms with Gasteiger partial charge in [0.1, 0.15) is 6.04 Å². The van der Waals surface area contributed by atoms with Crippen molar-refractivity contribution in [1.29, 1.82) is 0 Å². The van der Waals surface area contributed by atoms with E-state index in [2.05, 4.69) is 43.4 Å². The molecule has 1 N–H and O–H groups in total. The van der Waals surface area contributed by atoms with Crippen LogP contribution in [0.4, 0.5) is 0 Å². The van der Waals surface area contributed by atoms with Crippen molar-refractivity contribution in [3.05, 3.63) is 35.4 Å². The molecule has 0 amide bonds. The van der Waals surface area contributed by atoms with Crippen molar-refractivity contribution in [2.24, 2.45) is 0 Å². The zero-order valence-corrected chi connectivity index (χ0v) is 10.3. The summed E-state index contributed by atoms with van der Waals surface area (Å²) in [7, 11) is 2.02. The van der Waals surface area contributed by atoms with Crippen molar-refractivity contribution in [2.75, 3.05) is 13.6 Å². The standard InChI is InChI=1S/C14H20N2/c1-5-10-16(4)15-14(6-2)13-9-7-8-12(3)11-13/h2,7-9,11,14-15H,5,10H2,1,3-4H3. The van der Waals surface area contributed by atoms with Gasteiger partial charge in [-0.1, -0.05) is 42.7 Å². The third-order valence-electron chi connectivity index (χ3n) is 2.45. The number of hydrazine groups is 1. The molecule has 0 heterocycles. The number of nitrogens with zero attached hydrogens (tertiary/aromatic N) is 1. The van der Waals surface area contributed by atoms with E-state index in [1.165, 1.54) is 5.56 Å². The van der Waals surface area contributed by atoms with Crippen LogP contribution in [-0.4, -0.2) is 18.6 Å². The van der Waals surface area contributed by atoms with Crippen LogP contribution in [0.15, 0.2) is 24.3 Å². The minimum atomic E-state index is -0.0450. The van der Waals surface area contributed by atoms with Gasteiger partial charge in [-0.25, -0.2) is 10.4 Å². The highest BCUT2D eigenvalue weighted by atomic mass is 15.5. The van der Waals surface area contributed by atoms with Crippen LogP contribution in [0.1, 0.15) is 30.5 Å². The van der Waals surface area contributed by atoms with Crippen molar-refractivity contribution >= 4 is 0 Å². The smallest absolute Gasteiger partial charge is 0.107 e. The van der Waals surface area contributed by atoms with Crippen molar-refractivity contribution < 1.29 is 0 Å². The van der Waals surface area contributed by atoms with Crippen LogP contribution >= 0.6 is 0 Å². The minimum absolute atomic E-state index is 0.0450. The molecule has 1 rings (SSSR count). The van der Waals surface area contributed by atoms with E-state index in [-0.39, 0.29) is 6.04 Å². The molecule has 0 aromatic heterocycles. The van der Waals surface area contributed by atoms with Crippen LogP contribution in [0.5, 0.6) is 0 Å². The average molecular weight is 216 g/mol. The van der Waals surface area contributed by atoms with Gasteiger partial charge in [0.2, 0.25) is 0 Å². The molecule has 0 saturated heterocycles. The Balaban J connectivity index is 2.72. The number of hydrogen-bond donors (Lipinski definition) is 1. The highest BCUT2D eigenvalue weighted by Gasteiger charge is 2.09. The zero-order valence-electron chi connectivity index (χ0n) is 10.3. The maximum absolute atomic E-state index is 5.56. The number of hydrogen-bond acceptors (Lipinski definition) is 2. The predicted molar refractivity (Wildman–Crippen MR) is 68.8 cm³/mol. The Labute approximate surface area is 98.6 Å². The predicted octanol–water partition coefficient (Wildman–Crippen LogP) is 2.52. The Morgan fingerprint density at radius 2 is 2.25 bits per heavy atom. The third-order valence-corrected chi connectivity index (χ3v) is 2.45. The monoisotopic (exact) mass is 216 g/mol. The quantitative estimate of drug-likeness (QED) is 0.601. The number of nitrogens with one attached hydrogen (secondary N) is 1. The molecule has 0 fully saturated rings. The first kappa shape index (κ1) is 12.8. The highest BCUT2D eigenvalue weighted by Crippen LogP contribution is 2.13. The van der Waals surface area contributed by atoms with Gasteiger partial charge in [-0.3, -0.25) is 0 Å². The SMILES string of the molecule is C#CC(NN(C)CCC)c1cccc(C)c1. The van der Waals surface area contributed by atoms with Gasteiger partial charge in [-0.2, -0.15) is 0 Å². The molecule has 16 heavy (non-hydrogen) atoms. The van der Waals surface area contributed by atoms with Gasteiger partial charge >= 0.3 is 0 Å². The van der Waals surface area contributed by atoms with Gasteiger partial charge in [0.05, 0.1) is 0 Å². The molecular formula is C14H20N2. The minimum Gasteiger partial charge on any atom is -0.246 e. The van der Waals surface area contributed by atoms with E-state index in [0.29, 0.717) is 0 Å². The van der Waals surface area contributed by atoms with E-state index in [1.807, 2.05) is 18.1 Å². The molecule has 1 aromatic rings. The average Bonchev–Trinajstić information content (AvgIpc) is 2.26. The Morgan fingerprint density at radius 3 is 2.81 bits per heavy atom. The summed E-state index contributed by atoms with van der Waals surface area (Å²) in [5, 5.41) is 2.05. The Hall–Kier alpha value is -1.30. The molecule has 1 unspecified atom stereocenters. The maximum atomic E-state index is 5.56. The molecule has 0 aliphatic heterocycles.